The fourth-order valence-corrected chi connectivity index (χ4v) is 2.75. The zero-order valence-corrected chi connectivity index (χ0v) is 14.0. The normalized spacial score (nSPS) is 10.7. The molecule has 0 bridgehead atoms. The molecule has 0 saturated carbocycles. The predicted molar refractivity (Wildman–Crippen MR) is 97.8 cm³/mol. The standard InChI is InChI=1S/C18H19ClN4/c1-3-23(4-2)17-13-9-5-7-11-15(13)20-18(22-17)21-16-12-8-6-10-14(16)19/h5-12H,3-4H2,1-2H3,(H,20,21,22). The van der Waals surface area contributed by atoms with Gasteiger partial charge in [0.05, 0.1) is 16.2 Å². The number of hydrogen-bond acceptors (Lipinski definition) is 4. The van der Waals surface area contributed by atoms with Gasteiger partial charge in [-0.2, -0.15) is 4.98 Å². The highest BCUT2D eigenvalue weighted by atomic mass is 35.5. The van der Waals surface area contributed by atoms with Crippen LogP contribution in [-0.2, 0) is 0 Å². The number of rotatable bonds is 5. The minimum Gasteiger partial charge on any atom is -0.356 e. The van der Waals surface area contributed by atoms with Gasteiger partial charge in [0.25, 0.3) is 0 Å². The molecule has 0 spiro atoms. The van der Waals surface area contributed by atoms with E-state index in [1.807, 2.05) is 42.5 Å². The van der Waals surface area contributed by atoms with Crippen molar-refractivity contribution in [1.29, 1.82) is 0 Å². The Morgan fingerprint density at radius 3 is 2.39 bits per heavy atom. The summed E-state index contributed by atoms with van der Waals surface area (Å²) < 4.78 is 0. The van der Waals surface area contributed by atoms with E-state index < -0.39 is 0 Å². The first kappa shape index (κ1) is 15.6. The lowest BCUT2D eigenvalue weighted by atomic mass is 10.2. The lowest BCUT2D eigenvalue weighted by Crippen LogP contribution is -2.23. The summed E-state index contributed by atoms with van der Waals surface area (Å²) in [7, 11) is 0. The second kappa shape index (κ2) is 6.84. The molecule has 0 fully saturated rings. The van der Waals surface area contributed by atoms with E-state index in [1.165, 1.54) is 0 Å². The smallest absolute Gasteiger partial charge is 0.229 e. The number of nitrogens with zero attached hydrogens (tertiary/aromatic N) is 3. The van der Waals surface area contributed by atoms with Crippen LogP contribution in [0.1, 0.15) is 13.8 Å². The molecule has 0 aliphatic carbocycles. The molecule has 0 atom stereocenters. The fourth-order valence-electron chi connectivity index (χ4n) is 2.56. The Morgan fingerprint density at radius 1 is 0.957 bits per heavy atom. The van der Waals surface area contributed by atoms with E-state index in [4.69, 9.17) is 16.6 Å². The van der Waals surface area contributed by atoms with Crippen LogP contribution in [0.2, 0.25) is 5.02 Å². The summed E-state index contributed by atoms with van der Waals surface area (Å²) in [5.74, 6) is 1.49. The van der Waals surface area contributed by atoms with Gasteiger partial charge < -0.3 is 10.2 Å². The summed E-state index contributed by atoms with van der Waals surface area (Å²) in [6, 6.07) is 15.6. The molecule has 0 unspecified atom stereocenters. The minimum atomic E-state index is 0.554. The monoisotopic (exact) mass is 326 g/mol. The zero-order chi connectivity index (χ0) is 16.2. The highest BCUT2D eigenvalue weighted by Crippen LogP contribution is 2.28. The minimum absolute atomic E-state index is 0.554. The molecule has 1 heterocycles. The van der Waals surface area contributed by atoms with Crippen LogP contribution in [0.3, 0.4) is 0 Å². The number of aromatic nitrogens is 2. The van der Waals surface area contributed by atoms with Crippen molar-refractivity contribution in [2.45, 2.75) is 13.8 Å². The van der Waals surface area contributed by atoms with Crippen LogP contribution in [0.25, 0.3) is 10.9 Å². The summed E-state index contributed by atoms with van der Waals surface area (Å²) in [5, 5.41) is 4.93. The van der Waals surface area contributed by atoms with Crippen LogP contribution < -0.4 is 10.2 Å². The summed E-state index contributed by atoms with van der Waals surface area (Å²) in [4.78, 5) is 11.6. The van der Waals surface area contributed by atoms with Gasteiger partial charge in [-0.15, -0.1) is 0 Å². The molecular weight excluding hydrogens is 308 g/mol. The quantitative estimate of drug-likeness (QED) is 0.726. The van der Waals surface area contributed by atoms with Crippen LogP contribution in [-0.4, -0.2) is 23.1 Å². The Kier molecular flexibility index (Phi) is 4.63. The Bertz CT molecular complexity index is 815. The van der Waals surface area contributed by atoms with Crippen LogP contribution in [0.4, 0.5) is 17.5 Å². The Labute approximate surface area is 141 Å². The number of benzene rings is 2. The molecule has 1 aromatic heterocycles. The lowest BCUT2D eigenvalue weighted by molar-refractivity contribution is 0.850. The molecular formula is C18H19ClN4. The Morgan fingerprint density at radius 2 is 1.65 bits per heavy atom. The molecule has 23 heavy (non-hydrogen) atoms. The summed E-state index contributed by atoms with van der Waals surface area (Å²) >= 11 is 6.22. The first-order valence-electron chi connectivity index (χ1n) is 7.76. The molecule has 3 rings (SSSR count). The highest BCUT2D eigenvalue weighted by molar-refractivity contribution is 6.33. The van der Waals surface area contributed by atoms with Gasteiger partial charge in [-0.1, -0.05) is 35.9 Å². The largest absolute Gasteiger partial charge is 0.356 e. The molecule has 0 radical (unpaired) electrons. The van der Waals surface area contributed by atoms with Crippen molar-refractivity contribution in [1.82, 2.24) is 9.97 Å². The maximum atomic E-state index is 6.22. The van der Waals surface area contributed by atoms with Crippen molar-refractivity contribution in [3.8, 4) is 0 Å². The SMILES string of the molecule is CCN(CC)c1nc(Nc2ccccc2Cl)nc2ccccc12. The van der Waals surface area contributed by atoms with Crippen molar-refractivity contribution in [2.75, 3.05) is 23.3 Å². The first-order chi connectivity index (χ1) is 11.2. The molecule has 0 aliphatic heterocycles. The van der Waals surface area contributed by atoms with E-state index in [-0.39, 0.29) is 0 Å². The van der Waals surface area contributed by atoms with Crippen LogP contribution in [0.5, 0.6) is 0 Å². The molecule has 118 valence electrons. The van der Waals surface area contributed by atoms with Crippen molar-refractivity contribution < 1.29 is 0 Å². The van der Waals surface area contributed by atoms with Gasteiger partial charge in [-0.3, -0.25) is 0 Å². The average molecular weight is 327 g/mol. The number of fused-ring (bicyclic) bond motifs is 1. The number of halogens is 1. The maximum absolute atomic E-state index is 6.22. The number of hydrogen-bond donors (Lipinski definition) is 1. The van der Waals surface area contributed by atoms with Crippen LogP contribution in [0, 0.1) is 0 Å². The summed E-state index contributed by atoms with van der Waals surface area (Å²) in [5.41, 5.74) is 1.72. The Hall–Kier alpha value is -2.33. The predicted octanol–water partition coefficient (Wildman–Crippen LogP) is 4.87. The van der Waals surface area contributed by atoms with Gasteiger partial charge in [0.2, 0.25) is 5.95 Å². The average Bonchev–Trinajstić information content (AvgIpc) is 2.58. The van der Waals surface area contributed by atoms with Crippen molar-refractivity contribution in [3.05, 3.63) is 53.6 Å². The second-order valence-electron chi connectivity index (χ2n) is 5.17. The number of para-hydroxylation sites is 2. The molecule has 0 aliphatic rings. The van der Waals surface area contributed by atoms with Gasteiger partial charge >= 0.3 is 0 Å². The first-order valence-corrected chi connectivity index (χ1v) is 8.14. The molecule has 3 aromatic rings. The van der Waals surface area contributed by atoms with Gasteiger partial charge in [0, 0.05) is 18.5 Å². The van der Waals surface area contributed by atoms with Gasteiger partial charge in [0.15, 0.2) is 0 Å². The summed E-state index contributed by atoms with van der Waals surface area (Å²) in [6.45, 7) is 6.04. The molecule has 4 nitrogen and oxygen atoms in total. The third kappa shape index (κ3) is 3.22. The lowest BCUT2D eigenvalue weighted by Gasteiger charge is -2.22. The van der Waals surface area contributed by atoms with E-state index in [0.717, 1.165) is 35.5 Å². The summed E-state index contributed by atoms with van der Waals surface area (Å²) in [6.07, 6.45) is 0. The molecule has 0 saturated heterocycles. The van der Waals surface area contributed by atoms with E-state index in [1.54, 1.807) is 0 Å². The van der Waals surface area contributed by atoms with E-state index in [9.17, 15) is 0 Å². The van der Waals surface area contributed by atoms with Crippen LogP contribution >= 0.6 is 11.6 Å². The van der Waals surface area contributed by atoms with Gasteiger partial charge in [-0.25, -0.2) is 4.98 Å². The number of anilines is 3. The van der Waals surface area contributed by atoms with Crippen molar-refractivity contribution in [2.24, 2.45) is 0 Å². The molecule has 2 aromatic carbocycles. The van der Waals surface area contributed by atoms with Crippen molar-refractivity contribution >= 4 is 40.0 Å². The molecule has 5 heteroatoms. The van der Waals surface area contributed by atoms with Crippen molar-refractivity contribution in [3.63, 3.8) is 0 Å². The third-order valence-electron chi connectivity index (χ3n) is 3.77. The third-order valence-corrected chi connectivity index (χ3v) is 4.10. The van der Waals surface area contributed by atoms with Gasteiger partial charge in [0.1, 0.15) is 5.82 Å². The van der Waals surface area contributed by atoms with E-state index in [0.29, 0.717) is 11.0 Å². The van der Waals surface area contributed by atoms with E-state index >= 15 is 0 Å². The second-order valence-corrected chi connectivity index (χ2v) is 5.57. The maximum Gasteiger partial charge on any atom is 0.229 e. The highest BCUT2D eigenvalue weighted by Gasteiger charge is 2.12. The van der Waals surface area contributed by atoms with Gasteiger partial charge in [-0.05, 0) is 38.1 Å². The topological polar surface area (TPSA) is 41.1 Å². The van der Waals surface area contributed by atoms with Crippen LogP contribution in [0.15, 0.2) is 48.5 Å². The molecule has 0 amide bonds. The van der Waals surface area contributed by atoms with E-state index in [2.05, 4.69) is 35.1 Å². The number of nitrogens with one attached hydrogen (secondary N) is 1. The fraction of sp³-hybridized carbons (Fsp3) is 0.222. The molecule has 1 N–H and O–H groups in total. The zero-order valence-electron chi connectivity index (χ0n) is 13.3. The Balaban J connectivity index is 2.09.